The lowest BCUT2D eigenvalue weighted by Gasteiger charge is -2.27. The summed E-state index contributed by atoms with van der Waals surface area (Å²) < 4.78 is 0. The number of aliphatic hydroxyl groups excluding tert-OH is 2. The summed E-state index contributed by atoms with van der Waals surface area (Å²) in [6.45, 7) is 11.6. The van der Waals surface area contributed by atoms with Crippen LogP contribution in [0.25, 0.3) is 0 Å². The zero-order valence-electron chi connectivity index (χ0n) is 14.4. The highest BCUT2D eigenvalue weighted by Gasteiger charge is 2.18. The van der Waals surface area contributed by atoms with Gasteiger partial charge >= 0.3 is 0 Å². The maximum atomic E-state index is 9.70. The highest BCUT2D eigenvalue weighted by molar-refractivity contribution is 4.97. The van der Waals surface area contributed by atoms with Crippen LogP contribution >= 0.6 is 0 Å². The maximum absolute atomic E-state index is 9.70. The van der Waals surface area contributed by atoms with E-state index in [2.05, 4.69) is 24.9 Å². The second kappa shape index (κ2) is 9.34. The first-order valence-corrected chi connectivity index (χ1v) is 8.54. The van der Waals surface area contributed by atoms with Gasteiger partial charge in [-0.05, 0) is 19.9 Å². The van der Waals surface area contributed by atoms with Crippen molar-refractivity contribution >= 4 is 0 Å². The Bertz CT molecular complexity index is 402. The Morgan fingerprint density at radius 1 is 0.957 bits per heavy atom. The lowest BCUT2D eigenvalue weighted by molar-refractivity contribution is 0.102. The molecule has 1 aliphatic rings. The van der Waals surface area contributed by atoms with Gasteiger partial charge in [0.25, 0.3) is 0 Å². The molecule has 0 spiro atoms. The van der Waals surface area contributed by atoms with E-state index >= 15 is 0 Å². The lowest BCUT2D eigenvalue weighted by Crippen LogP contribution is -2.41. The minimum Gasteiger partial charge on any atom is -0.392 e. The fraction of sp³-hybridized carbons (Fsp3) is 0.812. The van der Waals surface area contributed by atoms with Gasteiger partial charge in [-0.25, -0.2) is 0 Å². The number of aromatic nitrogens is 2. The molecule has 23 heavy (non-hydrogen) atoms. The number of H-pyrrole nitrogens is 1. The molecular formula is C16H31N5O2. The highest BCUT2D eigenvalue weighted by Crippen LogP contribution is 2.06. The number of hydrogen-bond acceptors (Lipinski definition) is 6. The van der Waals surface area contributed by atoms with Crippen LogP contribution < -0.4 is 0 Å². The standard InChI is InChI=1S/C16H31N5O2/c1-14(22)11-19-5-6-20(12-15(2)23)8-10-21(9-7-19)13-16-3-4-17-18-16/h3-4,14-15,22-23H,5-13H2,1-2H3,(H,17,18)/t14-,15-/m0/s1. The van der Waals surface area contributed by atoms with Crippen LogP contribution in [0.2, 0.25) is 0 Å². The summed E-state index contributed by atoms with van der Waals surface area (Å²) in [6, 6.07) is 2.01. The Labute approximate surface area is 138 Å². The molecule has 1 fully saturated rings. The van der Waals surface area contributed by atoms with E-state index in [1.807, 2.05) is 19.9 Å². The number of nitrogens with one attached hydrogen (secondary N) is 1. The fourth-order valence-corrected chi connectivity index (χ4v) is 3.07. The van der Waals surface area contributed by atoms with Crippen LogP contribution in [0.5, 0.6) is 0 Å². The van der Waals surface area contributed by atoms with E-state index in [0.717, 1.165) is 51.5 Å². The average Bonchev–Trinajstić information content (AvgIpc) is 2.99. The van der Waals surface area contributed by atoms with Gasteiger partial charge in [0, 0.05) is 70.8 Å². The summed E-state index contributed by atoms with van der Waals surface area (Å²) >= 11 is 0. The molecule has 1 aromatic heterocycles. The second-order valence-electron chi connectivity index (χ2n) is 6.66. The van der Waals surface area contributed by atoms with Gasteiger partial charge in [0.2, 0.25) is 0 Å². The molecule has 1 aromatic rings. The zero-order valence-corrected chi connectivity index (χ0v) is 14.4. The smallest absolute Gasteiger partial charge is 0.0639 e. The second-order valence-corrected chi connectivity index (χ2v) is 6.66. The third-order valence-electron chi connectivity index (χ3n) is 4.19. The third-order valence-corrected chi connectivity index (χ3v) is 4.19. The minimum absolute atomic E-state index is 0.318. The molecule has 7 nitrogen and oxygen atoms in total. The van der Waals surface area contributed by atoms with Crippen molar-refractivity contribution in [3.63, 3.8) is 0 Å². The van der Waals surface area contributed by atoms with E-state index < -0.39 is 0 Å². The third kappa shape index (κ3) is 6.97. The number of β-amino-alcohol motifs (C(OH)–C–C–N with tert-alkyl or cyclic N) is 2. The average molecular weight is 325 g/mol. The Morgan fingerprint density at radius 3 is 1.83 bits per heavy atom. The first-order valence-electron chi connectivity index (χ1n) is 8.54. The molecule has 3 N–H and O–H groups in total. The molecule has 2 atom stereocenters. The molecule has 1 aliphatic heterocycles. The molecule has 2 rings (SSSR count). The molecule has 1 saturated heterocycles. The van der Waals surface area contributed by atoms with Gasteiger partial charge in [0.15, 0.2) is 0 Å². The molecule has 0 aromatic carbocycles. The normalized spacial score (nSPS) is 22.3. The van der Waals surface area contributed by atoms with Gasteiger partial charge in [0.05, 0.1) is 12.2 Å². The Morgan fingerprint density at radius 2 is 1.43 bits per heavy atom. The Balaban J connectivity index is 1.97. The number of nitrogens with zero attached hydrogens (tertiary/aromatic N) is 4. The quantitative estimate of drug-likeness (QED) is 0.660. The van der Waals surface area contributed by atoms with E-state index in [-0.39, 0.29) is 12.2 Å². The van der Waals surface area contributed by atoms with Gasteiger partial charge in [-0.2, -0.15) is 5.10 Å². The molecule has 132 valence electrons. The first kappa shape index (κ1) is 18.4. The monoisotopic (exact) mass is 325 g/mol. The van der Waals surface area contributed by atoms with Gasteiger partial charge in [-0.3, -0.25) is 19.8 Å². The minimum atomic E-state index is -0.318. The predicted molar refractivity (Wildman–Crippen MR) is 90.1 cm³/mol. The largest absolute Gasteiger partial charge is 0.392 e. The molecule has 0 aliphatic carbocycles. The van der Waals surface area contributed by atoms with Crippen molar-refractivity contribution in [2.45, 2.75) is 32.6 Å². The summed E-state index contributed by atoms with van der Waals surface area (Å²) in [5, 5.41) is 26.4. The SMILES string of the molecule is C[C@H](O)CN1CCN(Cc2ccn[nH]2)CCN(C[C@H](C)O)CC1. The predicted octanol–water partition coefficient (Wildman–Crippen LogP) is -0.409. The van der Waals surface area contributed by atoms with Gasteiger partial charge in [-0.15, -0.1) is 0 Å². The van der Waals surface area contributed by atoms with Crippen LogP contribution in [-0.4, -0.2) is 99.7 Å². The molecule has 0 saturated carbocycles. The number of aromatic amines is 1. The van der Waals surface area contributed by atoms with Crippen molar-refractivity contribution in [1.82, 2.24) is 24.9 Å². The van der Waals surface area contributed by atoms with Crippen LogP contribution in [-0.2, 0) is 6.54 Å². The van der Waals surface area contributed by atoms with E-state index in [1.165, 1.54) is 0 Å². The van der Waals surface area contributed by atoms with Crippen LogP contribution in [0.4, 0.5) is 0 Å². The van der Waals surface area contributed by atoms with Crippen LogP contribution in [0.15, 0.2) is 12.3 Å². The van der Waals surface area contributed by atoms with Crippen LogP contribution in [0.1, 0.15) is 19.5 Å². The molecule has 2 heterocycles. The zero-order chi connectivity index (χ0) is 16.7. The van der Waals surface area contributed by atoms with E-state index in [9.17, 15) is 10.2 Å². The molecule has 0 radical (unpaired) electrons. The summed E-state index contributed by atoms with van der Waals surface area (Å²) in [5.41, 5.74) is 1.12. The molecule has 7 heteroatoms. The number of rotatable bonds is 6. The van der Waals surface area contributed by atoms with Crippen molar-refractivity contribution in [2.24, 2.45) is 0 Å². The summed E-state index contributed by atoms with van der Waals surface area (Å²) in [7, 11) is 0. The number of aliphatic hydroxyl groups is 2. The molecule has 0 unspecified atom stereocenters. The summed E-state index contributed by atoms with van der Waals surface area (Å²) in [6.07, 6.45) is 1.15. The maximum Gasteiger partial charge on any atom is 0.0639 e. The van der Waals surface area contributed by atoms with Crippen molar-refractivity contribution in [1.29, 1.82) is 0 Å². The van der Waals surface area contributed by atoms with E-state index in [1.54, 1.807) is 6.20 Å². The fourth-order valence-electron chi connectivity index (χ4n) is 3.07. The number of hydrogen-bond donors (Lipinski definition) is 3. The van der Waals surface area contributed by atoms with Crippen LogP contribution in [0.3, 0.4) is 0 Å². The molecular weight excluding hydrogens is 294 g/mol. The topological polar surface area (TPSA) is 78.9 Å². The first-order chi connectivity index (χ1) is 11.0. The lowest BCUT2D eigenvalue weighted by atomic mass is 10.3. The van der Waals surface area contributed by atoms with Crippen molar-refractivity contribution in [2.75, 3.05) is 52.4 Å². The van der Waals surface area contributed by atoms with E-state index in [0.29, 0.717) is 13.1 Å². The van der Waals surface area contributed by atoms with E-state index in [4.69, 9.17) is 0 Å². The molecule has 0 amide bonds. The highest BCUT2D eigenvalue weighted by atomic mass is 16.3. The van der Waals surface area contributed by atoms with Crippen molar-refractivity contribution in [3.8, 4) is 0 Å². The van der Waals surface area contributed by atoms with Crippen molar-refractivity contribution in [3.05, 3.63) is 18.0 Å². The van der Waals surface area contributed by atoms with Gasteiger partial charge < -0.3 is 10.2 Å². The van der Waals surface area contributed by atoms with Gasteiger partial charge in [-0.1, -0.05) is 0 Å². The summed E-state index contributed by atoms with van der Waals surface area (Å²) in [4.78, 5) is 7.03. The van der Waals surface area contributed by atoms with Gasteiger partial charge in [0.1, 0.15) is 0 Å². The van der Waals surface area contributed by atoms with Crippen LogP contribution in [0, 0.1) is 0 Å². The summed E-state index contributed by atoms with van der Waals surface area (Å²) in [5.74, 6) is 0. The Hall–Kier alpha value is -0.990. The molecule has 0 bridgehead atoms. The Kier molecular flexibility index (Phi) is 7.45. The van der Waals surface area contributed by atoms with Crippen molar-refractivity contribution < 1.29 is 10.2 Å².